The molecule has 1 nitrogen and oxygen atoms in total. The minimum absolute atomic E-state index is 0.678. The molecule has 0 aliphatic rings. The summed E-state index contributed by atoms with van der Waals surface area (Å²) in [5.41, 5.74) is 1.16. The maximum absolute atomic E-state index is 11.1. The maximum atomic E-state index is 11.1. The molecule has 0 heterocycles. The zero-order chi connectivity index (χ0) is 8.10. The second-order valence-corrected chi connectivity index (χ2v) is 4.10. The molecule has 0 aromatic heterocycles. The Bertz CT molecular complexity index is 231. The Morgan fingerprint density at radius 2 is 1.91 bits per heavy atom. The van der Waals surface area contributed by atoms with Gasteiger partial charge in [0.15, 0.2) is 0 Å². The first-order chi connectivity index (χ1) is 5.33. The normalized spacial score (nSPS) is 12.8. The largest absolute Gasteiger partial charge is 0.259 e. The smallest absolute Gasteiger partial charge is 0.0485 e. The van der Waals surface area contributed by atoms with Gasteiger partial charge in [-0.15, -0.1) is 0 Å². The van der Waals surface area contributed by atoms with Gasteiger partial charge in [-0.05, 0) is 5.56 Å². The van der Waals surface area contributed by atoms with Crippen LogP contribution in [0.15, 0.2) is 30.3 Å². The lowest BCUT2D eigenvalue weighted by atomic mass is 10.2. The summed E-state index contributed by atoms with van der Waals surface area (Å²) in [5.74, 6) is 1.44. The third-order valence-electron chi connectivity index (χ3n) is 1.49. The van der Waals surface area contributed by atoms with E-state index in [0.29, 0.717) is 5.75 Å². The van der Waals surface area contributed by atoms with Gasteiger partial charge in [0, 0.05) is 22.3 Å². The molecule has 0 saturated carbocycles. The molecule has 1 rings (SSSR count). The first kappa shape index (κ1) is 8.47. The van der Waals surface area contributed by atoms with Gasteiger partial charge in [-0.25, -0.2) is 0 Å². The Kier molecular flexibility index (Phi) is 3.30. The lowest BCUT2D eigenvalue weighted by Crippen LogP contribution is -1.96. The summed E-state index contributed by atoms with van der Waals surface area (Å²) < 4.78 is 11.1. The summed E-state index contributed by atoms with van der Waals surface area (Å²) >= 11 is 0. The SMILES string of the molecule is CCS(=O)Cc1ccccc1. The molecule has 0 amide bonds. The zero-order valence-electron chi connectivity index (χ0n) is 6.62. The van der Waals surface area contributed by atoms with Crippen molar-refractivity contribution in [2.45, 2.75) is 12.7 Å². The molecule has 0 bridgehead atoms. The van der Waals surface area contributed by atoms with Crippen LogP contribution in [0, 0.1) is 0 Å². The second kappa shape index (κ2) is 4.29. The fourth-order valence-corrected chi connectivity index (χ4v) is 1.63. The van der Waals surface area contributed by atoms with Crippen LogP contribution in [0.1, 0.15) is 12.5 Å². The van der Waals surface area contributed by atoms with Crippen molar-refractivity contribution in [1.29, 1.82) is 0 Å². The van der Waals surface area contributed by atoms with Crippen molar-refractivity contribution in [3.63, 3.8) is 0 Å². The van der Waals surface area contributed by atoms with E-state index in [1.54, 1.807) is 0 Å². The summed E-state index contributed by atoms with van der Waals surface area (Å²) in [5, 5.41) is 0. The molecule has 0 fully saturated rings. The molecule has 0 aliphatic heterocycles. The van der Waals surface area contributed by atoms with Gasteiger partial charge >= 0.3 is 0 Å². The molecule has 0 spiro atoms. The predicted octanol–water partition coefficient (Wildman–Crippen LogP) is 1.96. The summed E-state index contributed by atoms with van der Waals surface area (Å²) in [4.78, 5) is 0. The average Bonchev–Trinajstić information content (AvgIpc) is 2.06. The monoisotopic (exact) mass is 168 g/mol. The third-order valence-corrected chi connectivity index (χ3v) is 2.79. The molecular weight excluding hydrogens is 156 g/mol. The van der Waals surface area contributed by atoms with E-state index < -0.39 is 10.8 Å². The lowest BCUT2D eigenvalue weighted by Gasteiger charge is -1.97. The molecule has 1 aromatic rings. The van der Waals surface area contributed by atoms with Crippen LogP contribution in [-0.4, -0.2) is 9.96 Å². The Balaban J connectivity index is 2.58. The molecule has 0 radical (unpaired) electrons. The molecule has 1 atom stereocenters. The lowest BCUT2D eigenvalue weighted by molar-refractivity contribution is 0.683. The van der Waals surface area contributed by atoms with E-state index in [-0.39, 0.29) is 0 Å². The van der Waals surface area contributed by atoms with Crippen LogP contribution in [0.4, 0.5) is 0 Å². The van der Waals surface area contributed by atoms with E-state index >= 15 is 0 Å². The Hall–Kier alpha value is -0.630. The highest BCUT2D eigenvalue weighted by molar-refractivity contribution is 7.84. The van der Waals surface area contributed by atoms with Gasteiger partial charge in [-0.3, -0.25) is 4.21 Å². The third kappa shape index (κ3) is 2.85. The number of rotatable bonds is 3. The van der Waals surface area contributed by atoms with Gasteiger partial charge in [0.1, 0.15) is 0 Å². The first-order valence-corrected chi connectivity index (χ1v) is 5.20. The number of hydrogen-bond donors (Lipinski definition) is 0. The Morgan fingerprint density at radius 3 is 2.45 bits per heavy atom. The van der Waals surface area contributed by atoms with Gasteiger partial charge in [0.25, 0.3) is 0 Å². The van der Waals surface area contributed by atoms with Gasteiger partial charge in [-0.1, -0.05) is 37.3 Å². The first-order valence-electron chi connectivity index (χ1n) is 3.72. The van der Waals surface area contributed by atoms with E-state index in [9.17, 15) is 4.21 Å². The van der Waals surface area contributed by atoms with Gasteiger partial charge in [0.05, 0.1) is 0 Å². The molecule has 60 valence electrons. The molecule has 1 unspecified atom stereocenters. The highest BCUT2D eigenvalue weighted by Crippen LogP contribution is 2.01. The molecule has 0 N–H and O–H groups in total. The van der Waals surface area contributed by atoms with E-state index in [4.69, 9.17) is 0 Å². The quantitative estimate of drug-likeness (QED) is 0.674. The minimum Gasteiger partial charge on any atom is -0.259 e. The molecule has 0 saturated heterocycles. The molecular formula is C9H12OS. The van der Waals surface area contributed by atoms with Crippen molar-refractivity contribution in [3.05, 3.63) is 35.9 Å². The summed E-state index contributed by atoms with van der Waals surface area (Å²) in [6, 6.07) is 9.93. The molecule has 11 heavy (non-hydrogen) atoms. The van der Waals surface area contributed by atoms with Gasteiger partial charge in [0.2, 0.25) is 0 Å². The average molecular weight is 168 g/mol. The maximum Gasteiger partial charge on any atom is 0.0485 e. The van der Waals surface area contributed by atoms with E-state index in [1.807, 2.05) is 37.3 Å². The summed E-state index contributed by atoms with van der Waals surface area (Å²) in [7, 11) is -0.678. The summed E-state index contributed by atoms with van der Waals surface area (Å²) in [6.07, 6.45) is 0. The highest BCUT2D eigenvalue weighted by Gasteiger charge is 1.96. The van der Waals surface area contributed by atoms with E-state index in [0.717, 1.165) is 11.3 Å². The van der Waals surface area contributed by atoms with Crippen LogP contribution >= 0.6 is 0 Å². The molecule has 1 aromatic carbocycles. The van der Waals surface area contributed by atoms with Crippen molar-refractivity contribution in [3.8, 4) is 0 Å². The van der Waals surface area contributed by atoms with Crippen LogP contribution in [0.5, 0.6) is 0 Å². The van der Waals surface area contributed by atoms with Gasteiger partial charge < -0.3 is 0 Å². The van der Waals surface area contributed by atoms with Crippen molar-refractivity contribution in [2.24, 2.45) is 0 Å². The van der Waals surface area contributed by atoms with E-state index in [2.05, 4.69) is 0 Å². The van der Waals surface area contributed by atoms with Crippen LogP contribution in [-0.2, 0) is 16.6 Å². The Morgan fingerprint density at radius 1 is 1.27 bits per heavy atom. The standard InChI is InChI=1S/C9H12OS/c1-2-11(10)8-9-6-4-3-5-7-9/h3-7H,2,8H2,1H3. The highest BCUT2D eigenvalue weighted by atomic mass is 32.2. The topological polar surface area (TPSA) is 17.1 Å². The number of benzene rings is 1. The Labute approximate surface area is 69.9 Å². The zero-order valence-corrected chi connectivity index (χ0v) is 7.43. The van der Waals surface area contributed by atoms with Crippen LogP contribution in [0.25, 0.3) is 0 Å². The van der Waals surface area contributed by atoms with E-state index in [1.165, 1.54) is 0 Å². The van der Waals surface area contributed by atoms with Crippen LogP contribution in [0.3, 0.4) is 0 Å². The molecule has 2 heteroatoms. The van der Waals surface area contributed by atoms with Crippen molar-refractivity contribution >= 4 is 10.8 Å². The fourth-order valence-electron chi connectivity index (χ4n) is 0.862. The number of hydrogen-bond acceptors (Lipinski definition) is 1. The second-order valence-electron chi connectivity index (χ2n) is 2.36. The van der Waals surface area contributed by atoms with Crippen molar-refractivity contribution in [1.82, 2.24) is 0 Å². The minimum atomic E-state index is -0.678. The fraction of sp³-hybridized carbons (Fsp3) is 0.333. The van der Waals surface area contributed by atoms with Crippen LogP contribution < -0.4 is 0 Å². The predicted molar refractivity (Wildman–Crippen MR) is 48.8 cm³/mol. The van der Waals surface area contributed by atoms with Gasteiger partial charge in [-0.2, -0.15) is 0 Å². The molecule has 0 aliphatic carbocycles. The van der Waals surface area contributed by atoms with Crippen molar-refractivity contribution in [2.75, 3.05) is 5.75 Å². The van der Waals surface area contributed by atoms with Crippen molar-refractivity contribution < 1.29 is 4.21 Å². The summed E-state index contributed by atoms with van der Waals surface area (Å²) in [6.45, 7) is 1.94. The van der Waals surface area contributed by atoms with Crippen LogP contribution in [0.2, 0.25) is 0 Å².